The van der Waals surface area contributed by atoms with E-state index in [-0.39, 0.29) is 30.1 Å². The molecule has 0 unspecified atom stereocenters. The number of halogens is 1. The number of aliphatic imine (C=N–C) groups is 1. The fourth-order valence-electron chi connectivity index (χ4n) is 2.72. The number of carbonyl (C=O) groups excluding carboxylic acids is 1. The summed E-state index contributed by atoms with van der Waals surface area (Å²) in [5.74, 6) is 0.907. The zero-order valence-electron chi connectivity index (χ0n) is 16.2. The van der Waals surface area contributed by atoms with Crippen LogP contribution in [0.2, 0.25) is 0 Å². The molecule has 146 valence electrons. The van der Waals surface area contributed by atoms with Crippen molar-refractivity contribution in [3.05, 3.63) is 29.8 Å². The molecule has 0 saturated heterocycles. The molecule has 1 aromatic carbocycles. The first kappa shape index (κ1) is 22.5. The minimum Gasteiger partial charge on any atom is -0.444 e. The first-order chi connectivity index (χ1) is 11.9. The van der Waals surface area contributed by atoms with Crippen molar-refractivity contribution in [1.82, 2.24) is 10.6 Å². The maximum Gasteiger partial charge on any atom is 0.407 e. The van der Waals surface area contributed by atoms with Gasteiger partial charge < -0.3 is 20.3 Å². The molecule has 2 N–H and O–H groups in total. The Balaban J connectivity index is 0.00000338. The average Bonchev–Trinajstić information content (AvgIpc) is 2.96. The van der Waals surface area contributed by atoms with Gasteiger partial charge in [-0.2, -0.15) is 0 Å². The first-order valence-corrected chi connectivity index (χ1v) is 9.01. The molecule has 0 aromatic heterocycles. The van der Waals surface area contributed by atoms with Crippen LogP contribution in [0.1, 0.15) is 39.7 Å². The van der Waals surface area contributed by atoms with Gasteiger partial charge in [0.25, 0.3) is 0 Å². The third-order valence-corrected chi connectivity index (χ3v) is 3.74. The Morgan fingerprint density at radius 1 is 1.27 bits per heavy atom. The molecule has 1 amide bonds. The molecule has 1 heterocycles. The van der Waals surface area contributed by atoms with Gasteiger partial charge in [0.2, 0.25) is 0 Å². The van der Waals surface area contributed by atoms with Gasteiger partial charge in [0.15, 0.2) is 5.96 Å². The van der Waals surface area contributed by atoms with Crippen molar-refractivity contribution in [3.63, 3.8) is 0 Å². The summed E-state index contributed by atoms with van der Waals surface area (Å²) in [4.78, 5) is 18.6. The highest BCUT2D eigenvalue weighted by Gasteiger charge is 2.22. The minimum absolute atomic E-state index is 0. The molecule has 6 nitrogen and oxygen atoms in total. The summed E-state index contributed by atoms with van der Waals surface area (Å²) in [6.07, 6.45) is 1.43. The van der Waals surface area contributed by atoms with Crippen LogP contribution in [0.15, 0.2) is 29.3 Å². The quantitative estimate of drug-likeness (QED) is 0.297. The molecule has 0 aliphatic carbocycles. The molecule has 0 bridgehead atoms. The number of para-hydroxylation sites is 1. The molecule has 0 radical (unpaired) electrons. The van der Waals surface area contributed by atoms with Crippen LogP contribution in [-0.2, 0) is 11.2 Å². The van der Waals surface area contributed by atoms with Crippen LogP contribution in [0, 0.1) is 0 Å². The molecule has 1 aromatic rings. The standard InChI is InChI=1S/C19H30N4O2.HI/c1-5-20-17(23-14-11-15-9-6-7-10-16(15)23)21-12-8-13-22-18(24)25-19(2,3)4;/h6-7,9-10H,5,8,11-14H2,1-4H3,(H,20,21)(H,22,24);1H. The van der Waals surface area contributed by atoms with Gasteiger partial charge in [0.1, 0.15) is 5.60 Å². The summed E-state index contributed by atoms with van der Waals surface area (Å²) in [7, 11) is 0. The normalized spacial score (nSPS) is 13.7. The fraction of sp³-hybridized carbons (Fsp3) is 0.579. The smallest absolute Gasteiger partial charge is 0.407 e. The molecule has 1 aliphatic heterocycles. The summed E-state index contributed by atoms with van der Waals surface area (Å²) >= 11 is 0. The van der Waals surface area contributed by atoms with Gasteiger partial charge >= 0.3 is 6.09 Å². The third-order valence-electron chi connectivity index (χ3n) is 3.74. The van der Waals surface area contributed by atoms with Crippen LogP contribution in [0.25, 0.3) is 0 Å². The summed E-state index contributed by atoms with van der Waals surface area (Å²) in [5.41, 5.74) is 2.12. The van der Waals surface area contributed by atoms with E-state index in [4.69, 9.17) is 9.73 Å². The molecular weight excluding hydrogens is 443 g/mol. The topological polar surface area (TPSA) is 66.0 Å². The lowest BCUT2D eigenvalue weighted by atomic mass is 10.2. The van der Waals surface area contributed by atoms with Crippen molar-refractivity contribution in [2.75, 3.05) is 31.1 Å². The Bertz CT molecular complexity index is 614. The van der Waals surface area contributed by atoms with E-state index in [9.17, 15) is 4.79 Å². The average molecular weight is 474 g/mol. The lowest BCUT2D eigenvalue weighted by Crippen LogP contribution is -2.40. The number of fused-ring (bicyclic) bond motifs is 1. The zero-order chi connectivity index (χ0) is 18.3. The van der Waals surface area contributed by atoms with E-state index in [1.807, 2.05) is 20.8 Å². The zero-order valence-corrected chi connectivity index (χ0v) is 18.5. The van der Waals surface area contributed by atoms with E-state index in [1.165, 1.54) is 11.3 Å². The molecule has 1 aliphatic rings. The van der Waals surface area contributed by atoms with Crippen molar-refractivity contribution in [2.45, 2.75) is 46.1 Å². The number of hydrogen-bond donors (Lipinski definition) is 2. The van der Waals surface area contributed by atoms with Crippen molar-refractivity contribution < 1.29 is 9.53 Å². The lowest BCUT2D eigenvalue weighted by molar-refractivity contribution is 0.0527. The number of anilines is 1. The second-order valence-corrected chi connectivity index (χ2v) is 7.05. The maximum atomic E-state index is 11.6. The number of nitrogens with one attached hydrogen (secondary N) is 2. The Labute approximate surface area is 173 Å². The molecule has 2 rings (SSSR count). The first-order valence-electron chi connectivity index (χ1n) is 9.01. The Hall–Kier alpha value is -1.51. The number of rotatable bonds is 5. The summed E-state index contributed by atoms with van der Waals surface area (Å²) < 4.78 is 5.22. The molecule has 7 heteroatoms. The summed E-state index contributed by atoms with van der Waals surface area (Å²) in [5, 5.41) is 6.13. The molecule has 0 spiro atoms. The second-order valence-electron chi connectivity index (χ2n) is 7.05. The molecule has 0 fully saturated rings. The highest BCUT2D eigenvalue weighted by Crippen LogP contribution is 2.27. The van der Waals surface area contributed by atoms with Crippen LogP contribution in [0.5, 0.6) is 0 Å². The van der Waals surface area contributed by atoms with Crippen molar-refractivity contribution in [2.24, 2.45) is 4.99 Å². The number of hydrogen-bond acceptors (Lipinski definition) is 3. The maximum absolute atomic E-state index is 11.6. The Kier molecular flexibility index (Phi) is 9.18. The second kappa shape index (κ2) is 10.6. The number of nitrogens with zero attached hydrogens (tertiary/aromatic N) is 2. The summed E-state index contributed by atoms with van der Waals surface area (Å²) in [6, 6.07) is 8.45. The van der Waals surface area contributed by atoms with Crippen LogP contribution in [-0.4, -0.2) is 43.8 Å². The van der Waals surface area contributed by atoms with Crippen molar-refractivity contribution in [3.8, 4) is 0 Å². The Morgan fingerprint density at radius 3 is 2.69 bits per heavy atom. The minimum atomic E-state index is -0.469. The largest absolute Gasteiger partial charge is 0.444 e. The predicted molar refractivity (Wildman–Crippen MR) is 118 cm³/mol. The van der Waals surface area contributed by atoms with Gasteiger partial charge in [-0.15, -0.1) is 24.0 Å². The van der Waals surface area contributed by atoms with Gasteiger partial charge in [-0.05, 0) is 52.2 Å². The molecular formula is C19H31IN4O2. The molecule has 0 atom stereocenters. The molecule has 0 saturated carbocycles. The van der Waals surface area contributed by atoms with Gasteiger partial charge in [0.05, 0.1) is 0 Å². The number of amides is 1. The van der Waals surface area contributed by atoms with Gasteiger partial charge in [-0.1, -0.05) is 18.2 Å². The SMILES string of the molecule is CCNC(=NCCCNC(=O)OC(C)(C)C)N1CCc2ccccc21.I. The van der Waals surface area contributed by atoms with E-state index >= 15 is 0 Å². The van der Waals surface area contributed by atoms with E-state index in [1.54, 1.807) is 0 Å². The van der Waals surface area contributed by atoms with Gasteiger partial charge in [-0.25, -0.2) is 4.79 Å². The van der Waals surface area contributed by atoms with Crippen LogP contribution < -0.4 is 15.5 Å². The number of ether oxygens (including phenoxy) is 1. The van der Waals surface area contributed by atoms with Crippen LogP contribution in [0.3, 0.4) is 0 Å². The summed E-state index contributed by atoms with van der Waals surface area (Å²) in [6.45, 7) is 10.6. The fourth-order valence-corrected chi connectivity index (χ4v) is 2.72. The van der Waals surface area contributed by atoms with Gasteiger partial charge in [0, 0.05) is 31.9 Å². The van der Waals surface area contributed by atoms with Crippen LogP contribution in [0.4, 0.5) is 10.5 Å². The number of alkyl carbamates (subject to hydrolysis) is 1. The number of guanidine groups is 1. The third kappa shape index (κ3) is 7.01. The van der Waals surface area contributed by atoms with Gasteiger partial charge in [-0.3, -0.25) is 4.99 Å². The predicted octanol–water partition coefficient (Wildman–Crippen LogP) is 3.55. The van der Waals surface area contributed by atoms with Crippen LogP contribution >= 0.6 is 24.0 Å². The Morgan fingerprint density at radius 2 is 2.00 bits per heavy atom. The monoisotopic (exact) mass is 474 g/mol. The highest BCUT2D eigenvalue weighted by molar-refractivity contribution is 14.0. The van der Waals surface area contributed by atoms with Crippen molar-refractivity contribution in [1.29, 1.82) is 0 Å². The van der Waals surface area contributed by atoms with Crippen molar-refractivity contribution >= 4 is 41.7 Å². The molecule has 26 heavy (non-hydrogen) atoms. The highest BCUT2D eigenvalue weighted by atomic mass is 127. The van der Waals surface area contributed by atoms with E-state index in [0.717, 1.165) is 31.9 Å². The lowest BCUT2D eigenvalue weighted by Gasteiger charge is -2.22. The number of benzene rings is 1. The van der Waals surface area contributed by atoms with E-state index < -0.39 is 5.60 Å². The van der Waals surface area contributed by atoms with E-state index in [2.05, 4.69) is 46.7 Å². The van der Waals surface area contributed by atoms with E-state index in [0.29, 0.717) is 13.1 Å². The number of carbonyl (C=O) groups is 1.